The Hall–Kier alpha value is -2.45. The van der Waals surface area contributed by atoms with Gasteiger partial charge in [0.25, 0.3) is 0 Å². The first-order valence-electron chi connectivity index (χ1n) is 9.71. The van der Waals surface area contributed by atoms with Crippen LogP contribution < -0.4 is 10.6 Å². The third kappa shape index (κ3) is 4.02. The third-order valence-electron chi connectivity index (χ3n) is 5.55. The molecule has 8 heteroatoms. The van der Waals surface area contributed by atoms with Gasteiger partial charge >= 0.3 is 0 Å². The molecule has 1 aromatic rings. The topological polar surface area (TPSA) is 97.0 Å². The molecule has 8 nitrogen and oxygen atoms in total. The number of rotatable bonds is 4. The monoisotopic (exact) mass is 387 g/mol. The van der Waals surface area contributed by atoms with Crippen LogP contribution in [0.1, 0.15) is 26.2 Å². The van der Waals surface area contributed by atoms with Gasteiger partial charge in [-0.05, 0) is 24.6 Å². The van der Waals surface area contributed by atoms with E-state index in [1.807, 2.05) is 4.90 Å². The van der Waals surface area contributed by atoms with Gasteiger partial charge in [-0.15, -0.1) is 0 Å². The fourth-order valence-electron chi connectivity index (χ4n) is 3.96. The minimum atomic E-state index is -0.504. The molecule has 2 saturated heterocycles. The van der Waals surface area contributed by atoms with Crippen molar-refractivity contribution in [1.82, 2.24) is 4.90 Å². The highest BCUT2D eigenvalue weighted by Crippen LogP contribution is 2.42. The number of hydrogen-bond acceptors (Lipinski definition) is 5. The van der Waals surface area contributed by atoms with Crippen molar-refractivity contribution in [3.8, 4) is 0 Å². The number of benzene rings is 1. The number of anilines is 2. The number of likely N-dealkylation sites (tertiary alicyclic amines) is 1. The van der Waals surface area contributed by atoms with Crippen molar-refractivity contribution in [2.75, 3.05) is 36.9 Å². The van der Waals surface area contributed by atoms with Crippen LogP contribution in [0.5, 0.6) is 0 Å². The molecule has 1 aliphatic carbocycles. The second kappa shape index (κ2) is 7.52. The Bertz CT molecular complexity index is 780. The van der Waals surface area contributed by atoms with E-state index >= 15 is 0 Å². The molecule has 0 aromatic heterocycles. The normalized spacial score (nSPS) is 25.4. The number of hydrogen-bond donors (Lipinski definition) is 2. The van der Waals surface area contributed by atoms with Crippen molar-refractivity contribution in [1.29, 1.82) is 0 Å². The predicted molar refractivity (Wildman–Crippen MR) is 101 cm³/mol. The van der Waals surface area contributed by atoms with E-state index in [0.717, 1.165) is 0 Å². The summed E-state index contributed by atoms with van der Waals surface area (Å²) in [7, 11) is 0. The lowest BCUT2D eigenvalue weighted by molar-refractivity contribution is -0.187. The zero-order valence-electron chi connectivity index (χ0n) is 15.9. The fraction of sp³-hybridized carbons (Fsp3) is 0.550. The molecule has 2 aliphatic heterocycles. The van der Waals surface area contributed by atoms with Gasteiger partial charge in [0.2, 0.25) is 17.7 Å². The second-order valence-corrected chi connectivity index (χ2v) is 7.63. The first kappa shape index (κ1) is 18.9. The molecule has 3 fully saturated rings. The molecule has 1 spiro atoms. The molecule has 0 bridgehead atoms. The van der Waals surface area contributed by atoms with Gasteiger partial charge in [0.1, 0.15) is 0 Å². The lowest BCUT2D eigenvalue weighted by Gasteiger charge is -2.37. The number of nitrogens with one attached hydrogen (secondary N) is 2. The number of nitrogens with zero attached hydrogens (tertiary/aromatic N) is 1. The van der Waals surface area contributed by atoms with Crippen LogP contribution in [0.25, 0.3) is 0 Å². The SMILES string of the molecule is CC(=O)Nc1cccc(NC(=O)C2CC2C(=O)N2CCC3(CC2)OCCO3)c1. The molecule has 2 unspecified atom stereocenters. The summed E-state index contributed by atoms with van der Waals surface area (Å²) >= 11 is 0. The summed E-state index contributed by atoms with van der Waals surface area (Å²) in [5.41, 5.74) is 1.22. The molecule has 3 aliphatic rings. The quantitative estimate of drug-likeness (QED) is 0.818. The predicted octanol–water partition coefficient (Wildman–Crippen LogP) is 1.59. The van der Waals surface area contributed by atoms with Gasteiger partial charge in [0.15, 0.2) is 5.79 Å². The molecule has 1 saturated carbocycles. The minimum Gasteiger partial charge on any atom is -0.347 e. The van der Waals surface area contributed by atoms with Crippen LogP contribution in [0.2, 0.25) is 0 Å². The van der Waals surface area contributed by atoms with Gasteiger partial charge in [-0.3, -0.25) is 14.4 Å². The van der Waals surface area contributed by atoms with Gasteiger partial charge in [-0.25, -0.2) is 0 Å². The van der Waals surface area contributed by atoms with Gasteiger partial charge < -0.3 is 25.0 Å². The van der Waals surface area contributed by atoms with Crippen LogP contribution in [0.4, 0.5) is 11.4 Å². The summed E-state index contributed by atoms with van der Waals surface area (Å²) in [4.78, 5) is 38.2. The second-order valence-electron chi connectivity index (χ2n) is 7.63. The number of carbonyl (C=O) groups excluding carboxylic acids is 3. The van der Waals surface area contributed by atoms with E-state index in [4.69, 9.17) is 9.47 Å². The van der Waals surface area contributed by atoms with Crippen molar-refractivity contribution in [2.24, 2.45) is 11.8 Å². The largest absolute Gasteiger partial charge is 0.347 e. The van der Waals surface area contributed by atoms with Crippen molar-refractivity contribution >= 4 is 29.1 Å². The van der Waals surface area contributed by atoms with E-state index in [0.29, 0.717) is 56.9 Å². The Labute approximate surface area is 163 Å². The third-order valence-corrected chi connectivity index (χ3v) is 5.55. The Morgan fingerprint density at radius 1 is 1.04 bits per heavy atom. The Morgan fingerprint density at radius 2 is 1.68 bits per heavy atom. The van der Waals surface area contributed by atoms with Crippen LogP contribution in [0.3, 0.4) is 0 Å². The summed E-state index contributed by atoms with van der Waals surface area (Å²) in [6, 6.07) is 6.97. The van der Waals surface area contributed by atoms with Crippen LogP contribution >= 0.6 is 0 Å². The zero-order valence-corrected chi connectivity index (χ0v) is 15.9. The Balaban J connectivity index is 1.28. The lowest BCUT2D eigenvalue weighted by Crippen LogP contribution is -2.48. The summed E-state index contributed by atoms with van der Waals surface area (Å²) < 4.78 is 11.4. The molecule has 0 radical (unpaired) electrons. The standard InChI is InChI=1S/C20H25N3O5/c1-13(24)21-14-3-2-4-15(11-14)22-18(25)16-12-17(16)19(26)23-7-5-20(6-8-23)27-9-10-28-20/h2-4,11,16-17H,5-10,12H2,1H3,(H,21,24)(H,22,25). The van der Waals surface area contributed by atoms with Crippen molar-refractivity contribution in [3.63, 3.8) is 0 Å². The Kier molecular flexibility index (Phi) is 5.07. The maximum Gasteiger partial charge on any atom is 0.228 e. The van der Waals surface area contributed by atoms with E-state index in [1.165, 1.54) is 6.92 Å². The summed E-state index contributed by atoms with van der Waals surface area (Å²) in [6.07, 6.45) is 1.93. The highest BCUT2D eigenvalue weighted by atomic mass is 16.7. The number of amides is 3. The molecule has 2 heterocycles. The molecule has 4 rings (SSSR count). The van der Waals surface area contributed by atoms with Crippen molar-refractivity contribution in [3.05, 3.63) is 24.3 Å². The van der Waals surface area contributed by atoms with Gasteiger partial charge in [-0.2, -0.15) is 0 Å². The molecule has 2 N–H and O–H groups in total. The number of piperidine rings is 1. The molecule has 1 aromatic carbocycles. The molecule has 150 valence electrons. The molecular formula is C20H25N3O5. The van der Waals surface area contributed by atoms with Crippen LogP contribution in [-0.2, 0) is 23.9 Å². The van der Waals surface area contributed by atoms with Crippen LogP contribution in [0, 0.1) is 11.8 Å². The van der Waals surface area contributed by atoms with E-state index in [2.05, 4.69) is 10.6 Å². The summed E-state index contributed by atoms with van der Waals surface area (Å²) in [6.45, 7) is 3.85. The Morgan fingerprint density at radius 3 is 2.32 bits per heavy atom. The summed E-state index contributed by atoms with van der Waals surface area (Å²) in [5, 5.41) is 5.53. The zero-order chi connectivity index (χ0) is 19.7. The van der Waals surface area contributed by atoms with Crippen LogP contribution in [-0.4, -0.2) is 54.7 Å². The minimum absolute atomic E-state index is 0.0417. The first-order valence-corrected chi connectivity index (χ1v) is 9.71. The van der Waals surface area contributed by atoms with Gasteiger partial charge in [0, 0.05) is 44.2 Å². The summed E-state index contributed by atoms with van der Waals surface area (Å²) in [5.74, 6) is -1.34. The average Bonchev–Trinajstić information content (AvgIpc) is 3.35. The maximum absolute atomic E-state index is 12.7. The number of ether oxygens (including phenoxy) is 2. The van der Waals surface area contributed by atoms with Crippen molar-refractivity contribution in [2.45, 2.75) is 32.0 Å². The molecule has 2 atom stereocenters. The lowest BCUT2D eigenvalue weighted by atomic mass is 10.0. The smallest absolute Gasteiger partial charge is 0.228 e. The molecule has 28 heavy (non-hydrogen) atoms. The van der Waals surface area contributed by atoms with Gasteiger partial charge in [-0.1, -0.05) is 6.07 Å². The van der Waals surface area contributed by atoms with E-state index in [-0.39, 0.29) is 29.6 Å². The van der Waals surface area contributed by atoms with Crippen LogP contribution in [0.15, 0.2) is 24.3 Å². The van der Waals surface area contributed by atoms with Crippen molar-refractivity contribution < 1.29 is 23.9 Å². The first-order chi connectivity index (χ1) is 13.5. The highest BCUT2D eigenvalue weighted by Gasteiger charge is 2.51. The molecule has 3 amide bonds. The van der Waals surface area contributed by atoms with E-state index in [9.17, 15) is 14.4 Å². The maximum atomic E-state index is 12.7. The number of carbonyl (C=O) groups is 3. The van der Waals surface area contributed by atoms with E-state index in [1.54, 1.807) is 24.3 Å². The van der Waals surface area contributed by atoms with Gasteiger partial charge in [0.05, 0.1) is 25.0 Å². The fourth-order valence-corrected chi connectivity index (χ4v) is 3.96. The average molecular weight is 387 g/mol. The highest BCUT2D eigenvalue weighted by molar-refractivity contribution is 6.00. The van der Waals surface area contributed by atoms with E-state index < -0.39 is 5.79 Å². The molecular weight excluding hydrogens is 362 g/mol.